The lowest BCUT2D eigenvalue weighted by atomic mass is 9.97. The lowest BCUT2D eigenvalue weighted by molar-refractivity contribution is 0.222. The Morgan fingerprint density at radius 3 is 2.76 bits per heavy atom. The van der Waals surface area contributed by atoms with Crippen molar-refractivity contribution in [3.8, 4) is 0 Å². The highest BCUT2D eigenvalue weighted by Gasteiger charge is 2.18. The monoisotopic (exact) mass is 237 g/mol. The predicted molar refractivity (Wildman–Crippen MR) is 67.7 cm³/mol. The van der Waals surface area contributed by atoms with Crippen molar-refractivity contribution in [3.05, 3.63) is 24.1 Å². The molecule has 1 aromatic rings. The summed E-state index contributed by atoms with van der Waals surface area (Å²) in [7, 11) is 4.15. The molecule has 0 aromatic carbocycles. The van der Waals surface area contributed by atoms with Gasteiger partial charge in [-0.3, -0.25) is 0 Å². The average molecular weight is 237 g/mol. The van der Waals surface area contributed by atoms with Crippen molar-refractivity contribution in [1.29, 1.82) is 0 Å². The molecule has 2 heterocycles. The zero-order chi connectivity index (χ0) is 12.3. The molecule has 0 N–H and O–H groups in total. The molecular formula is C13H20FN3. The second-order valence-electron chi connectivity index (χ2n) is 4.95. The van der Waals surface area contributed by atoms with Gasteiger partial charge in [0.05, 0.1) is 0 Å². The Hall–Kier alpha value is -1.16. The molecule has 17 heavy (non-hydrogen) atoms. The third kappa shape index (κ3) is 3.40. The van der Waals surface area contributed by atoms with E-state index in [2.05, 4.69) is 21.8 Å². The molecule has 0 spiro atoms. The molecule has 0 bridgehead atoms. The molecule has 1 aliphatic rings. The highest BCUT2D eigenvalue weighted by atomic mass is 19.1. The van der Waals surface area contributed by atoms with E-state index in [0.29, 0.717) is 5.92 Å². The van der Waals surface area contributed by atoms with Crippen LogP contribution in [0.2, 0.25) is 0 Å². The molecule has 1 aliphatic heterocycles. The first-order valence-electron chi connectivity index (χ1n) is 6.17. The van der Waals surface area contributed by atoms with Gasteiger partial charge in [0.1, 0.15) is 5.82 Å². The van der Waals surface area contributed by atoms with E-state index >= 15 is 0 Å². The van der Waals surface area contributed by atoms with Crippen LogP contribution in [0.15, 0.2) is 18.2 Å². The van der Waals surface area contributed by atoms with Gasteiger partial charge < -0.3 is 9.80 Å². The van der Waals surface area contributed by atoms with Crippen LogP contribution in [0.5, 0.6) is 0 Å². The number of likely N-dealkylation sites (tertiary alicyclic amines) is 1. The summed E-state index contributed by atoms with van der Waals surface area (Å²) in [6, 6.07) is 4.95. The van der Waals surface area contributed by atoms with Crippen LogP contribution in [0.1, 0.15) is 12.8 Å². The molecule has 3 nitrogen and oxygen atoms in total. The summed E-state index contributed by atoms with van der Waals surface area (Å²) in [4.78, 5) is 8.32. The summed E-state index contributed by atoms with van der Waals surface area (Å²) < 4.78 is 13.0. The molecule has 0 atom stereocenters. The Balaban J connectivity index is 1.90. The average Bonchev–Trinajstić information content (AvgIpc) is 2.32. The number of hydrogen-bond donors (Lipinski definition) is 0. The van der Waals surface area contributed by atoms with Gasteiger partial charge in [-0.15, -0.1) is 0 Å². The minimum Gasteiger partial charge on any atom is -0.359 e. The van der Waals surface area contributed by atoms with E-state index in [-0.39, 0.29) is 0 Å². The van der Waals surface area contributed by atoms with Crippen molar-refractivity contribution in [2.45, 2.75) is 12.8 Å². The van der Waals surface area contributed by atoms with Crippen LogP contribution in [-0.2, 0) is 0 Å². The highest BCUT2D eigenvalue weighted by Crippen LogP contribution is 2.19. The highest BCUT2D eigenvalue weighted by molar-refractivity contribution is 5.36. The molecule has 1 aromatic heterocycles. The van der Waals surface area contributed by atoms with Crippen LogP contribution >= 0.6 is 0 Å². The van der Waals surface area contributed by atoms with E-state index in [4.69, 9.17) is 0 Å². The second kappa shape index (κ2) is 5.45. The Morgan fingerprint density at radius 2 is 2.12 bits per heavy atom. The maximum atomic E-state index is 13.0. The number of nitrogens with zero attached hydrogens (tertiary/aromatic N) is 3. The van der Waals surface area contributed by atoms with Crippen LogP contribution in [-0.4, -0.2) is 43.6 Å². The van der Waals surface area contributed by atoms with Crippen LogP contribution in [0.4, 0.5) is 10.2 Å². The van der Waals surface area contributed by atoms with Gasteiger partial charge in [0.2, 0.25) is 5.95 Å². The van der Waals surface area contributed by atoms with Crippen molar-refractivity contribution < 1.29 is 4.39 Å². The first-order chi connectivity index (χ1) is 8.15. The lowest BCUT2D eigenvalue weighted by Gasteiger charge is -2.32. The summed E-state index contributed by atoms with van der Waals surface area (Å²) in [5.41, 5.74) is 0. The molecule has 0 radical (unpaired) electrons. The Kier molecular flexibility index (Phi) is 3.94. The standard InChI is InChI=1S/C13H20FN3/c1-16-8-6-11(7-9-16)10-17(2)13-5-3-4-12(14)15-13/h3-5,11H,6-10H2,1-2H3. The van der Waals surface area contributed by atoms with E-state index in [1.807, 2.05) is 13.1 Å². The molecule has 94 valence electrons. The fraction of sp³-hybridized carbons (Fsp3) is 0.615. The van der Waals surface area contributed by atoms with Crippen LogP contribution < -0.4 is 4.90 Å². The largest absolute Gasteiger partial charge is 0.359 e. The van der Waals surface area contributed by atoms with E-state index < -0.39 is 5.95 Å². The molecule has 0 saturated carbocycles. The van der Waals surface area contributed by atoms with Gasteiger partial charge in [0.15, 0.2) is 0 Å². The third-order valence-corrected chi connectivity index (χ3v) is 3.46. The van der Waals surface area contributed by atoms with Crippen molar-refractivity contribution in [2.75, 3.05) is 38.6 Å². The maximum Gasteiger partial charge on any atom is 0.214 e. The maximum absolute atomic E-state index is 13.0. The topological polar surface area (TPSA) is 19.4 Å². The first kappa shape index (κ1) is 12.3. The molecule has 0 unspecified atom stereocenters. The number of aromatic nitrogens is 1. The van der Waals surface area contributed by atoms with Gasteiger partial charge in [-0.25, -0.2) is 4.98 Å². The quantitative estimate of drug-likeness (QED) is 0.750. The fourth-order valence-corrected chi connectivity index (χ4v) is 2.34. The van der Waals surface area contributed by atoms with Crippen LogP contribution in [0, 0.1) is 11.9 Å². The summed E-state index contributed by atoms with van der Waals surface area (Å²) in [6.07, 6.45) is 2.44. The number of pyridine rings is 1. The summed E-state index contributed by atoms with van der Waals surface area (Å²) in [5.74, 6) is 1.02. The lowest BCUT2D eigenvalue weighted by Crippen LogP contribution is -2.36. The van der Waals surface area contributed by atoms with Crippen LogP contribution in [0.25, 0.3) is 0 Å². The van der Waals surface area contributed by atoms with Crippen molar-refractivity contribution >= 4 is 5.82 Å². The van der Waals surface area contributed by atoms with Gasteiger partial charge >= 0.3 is 0 Å². The summed E-state index contributed by atoms with van der Waals surface area (Å²) >= 11 is 0. The van der Waals surface area contributed by atoms with Gasteiger partial charge in [-0.05, 0) is 51.0 Å². The normalized spacial score (nSPS) is 18.3. The molecular weight excluding hydrogens is 217 g/mol. The Labute approximate surface area is 102 Å². The number of piperidine rings is 1. The van der Waals surface area contributed by atoms with Gasteiger partial charge in [0.25, 0.3) is 0 Å². The molecule has 0 amide bonds. The molecule has 0 aliphatic carbocycles. The second-order valence-corrected chi connectivity index (χ2v) is 4.95. The molecule has 1 saturated heterocycles. The SMILES string of the molecule is CN1CCC(CN(C)c2cccc(F)n2)CC1. The predicted octanol–water partition coefficient (Wildman–Crippen LogP) is 2.00. The van der Waals surface area contributed by atoms with E-state index in [0.717, 1.165) is 25.5 Å². The minimum absolute atomic E-state index is 0.405. The van der Waals surface area contributed by atoms with Gasteiger partial charge in [-0.2, -0.15) is 4.39 Å². The number of hydrogen-bond acceptors (Lipinski definition) is 3. The van der Waals surface area contributed by atoms with Gasteiger partial charge in [-0.1, -0.05) is 6.07 Å². The van der Waals surface area contributed by atoms with Crippen LogP contribution in [0.3, 0.4) is 0 Å². The summed E-state index contributed by atoms with van der Waals surface area (Å²) in [6.45, 7) is 3.29. The van der Waals surface area contributed by atoms with Gasteiger partial charge in [0, 0.05) is 13.6 Å². The van der Waals surface area contributed by atoms with E-state index in [9.17, 15) is 4.39 Å². The zero-order valence-electron chi connectivity index (χ0n) is 10.6. The third-order valence-electron chi connectivity index (χ3n) is 3.46. The number of anilines is 1. The van der Waals surface area contributed by atoms with Crippen molar-refractivity contribution in [3.63, 3.8) is 0 Å². The van der Waals surface area contributed by atoms with Crippen molar-refractivity contribution in [2.24, 2.45) is 5.92 Å². The smallest absolute Gasteiger partial charge is 0.214 e. The van der Waals surface area contributed by atoms with E-state index in [1.165, 1.54) is 18.9 Å². The molecule has 1 fully saturated rings. The Morgan fingerprint density at radius 1 is 1.41 bits per heavy atom. The summed E-state index contributed by atoms with van der Waals surface area (Å²) in [5, 5.41) is 0. The number of rotatable bonds is 3. The number of halogens is 1. The molecule has 4 heteroatoms. The zero-order valence-corrected chi connectivity index (χ0v) is 10.6. The fourth-order valence-electron chi connectivity index (χ4n) is 2.34. The Bertz CT molecular complexity index is 361. The van der Waals surface area contributed by atoms with E-state index in [1.54, 1.807) is 6.07 Å². The molecule has 2 rings (SSSR count). The minimum atomic E-state index is -0.405. The van der Waals surface area contributed by atoms with Crippen molar-refractivity contribution in [1.82, 2.24) is 9.88 Å². The first-order valence-corrected chi connectivity index (χ1v) is 6.17.